The topological polar surface area (TPSA) is 90.0 Å². The molecule has 0 radical (unpaired) electrons. The molecular weight excluding hydrogens is 286 g/mol. The van der Waals surface area contributed by atoms with Gasteiger partial charge in [-0.15, -0.1) is 0 Å². The smallest absolute Gasteiger partial charge is 0.408 e. The maximum absolute atomic E-state index is 12.8. The van der Waals surface area contributed by atoms with Crippen molar-refractivity contribution in [2.45, 2.75) is 65.1 Å². The van der Waals surface area contributed by atoms with Gasteiger partial charge < -0.3 is 15.3 Å². The van der Waals surface area contributed by atoms with Gasteiger partial charge >= 0.3 is 6.09 Å². The van der Waals surface area contributed by atoms with Gasteiger partial charge in [-0.25, -0.2) is 4.79 Å². The van der Waals surface area contributed by atoms with Crippen LogP contribution in [0, 0.1) is 0 Å². The lowest BCUT2D eigenvalue weighted by Gasteiger charge is -2.43. The zero-order valence-electron chi connectivity index (χ0n) is 14.3. The molecule has 1 aliphatic rings. The number of carbonyl (C=O) groups is 3. The molecule has 0 aromatic rings. The summed E-state index contributed by atoms with van der Waals surface area (Å²) in [5, 5.41) is 12.3. The second-order valence-electron chi connectivity index (χ2n) is 7.37. The van der Waals surface area contributed by atoms with Gasteiger partial charge in [0.15, 0.2) is 0 Å². The van der Waals surface area contributed by atoms with Crippen molar-refractivity contribution in [3.8, 4) is 0 Å². The highest BCUT2D eigenvalue weighted by Crippen LogP contribution is 2.22. The van der Waals surface area contributed by atoms with Crippen LogP contribution in [0.4, 0.5) is 4.79 Å². The molecule has 22 heavy (non-hydrogen) atoms. The average molecular weight is 313 g/mol. The van der Waals surface area contributed by atoms with E-state index in [0.29, 0.717) is 13.0 Å². The molecule has 3 amide bonds. The summed E-state index contributed by atoms with van der Waals surface area (Å²) < 4.78 is 0. The van der Waals surface area contributed by atoms with Gasteiger partial charge in [-0.1, -0.05) is 6.92 Å². The van der Waals surface area contributed by atoms with E-state index in [4.69, 9.17) is 0 Å². The molecule has 1 fully saturated rings. The van der Waals surface area contributed by atoms with Crippen LogP contribution in [0.15, 0.2) is 0 Å². The number of rotatable bonds is 3. The maximum atomic E-state index is 12.8. The van der Waals surface area contributed by atoms with Gasteiger partial charge in [0.25, 0.3) is 0 Å². The van der Waals surface area contributed by atoms with Gasteiger partial charge in [-0.3, -0.25) is 14.5 Å². The Morgan fingerprint density at radius 3 is 2.32 bits per heavy atom. The van der Waals surface area contributed by atoms with E-state index in [1.54, 1.807) is 27.7 Å². The van der Waals surface area contributed by atoms with Crippen LogP contribution in [-0.4, -0.2) is 63.0 Å². The van der Waals surface area contributed by atoms with Crippen molar-refractivity contribution in [1.29, 1.82) is 0 Å². The molecule has 7 nitrogen and oxygen atoms in total. The number of carbonyl (C=O) groups excluding carboxylic acids is 2. The van der Waals surface area contributed by atoms with Crippen LogP contribution in [0.2, 0.25) is 0 Å². The van der Waals surface area contributed by atoms with Gasteiger partial charge in [0.2, 0.25) is 11.8 Å². The predicted molar refractivity (Wildman–Crippen MR) is 82.5 cm³/mol. The minimum atomic E-state index is -1.13. The van der Waals surface area contributed by atoms with Gasteiger partial charge in [0.05, 0.1) is 12.1 Å². The van der Waals surface area contributed by atoms with E-state index in [2.05, 4.69) is 5.32 Å². The van der Waals surface area contributed by atoms with E-state index in [0.717, 1.165) is 0 Å². The van der Waals surface area contributed by atoms with Gasteiger partial charge in [-0.05, 0) is 41.0 Å². The molecule has 1 heterocycles. The summed E-state index contributed by atoms with van der Waals surface area (Å²) in [6.07, 6.45) is -0.769. The fraction of sp³-hybridized carbons (Fsp3) is 0.800. The SMILES string of the molecule is CC[C@@H](C(=O)N1CC(=O)NC(C)(C)C1)N(C(=O)O)C(C)(C)C. The summed E-state index contributed by atoms with van der Waals surface area (Å²) in [5.41, 5.74) is -1.21. The molecule has 0 bridgehead atoms. The van der Waals surface area contributed by atoms with Gasteiger partial charge in [-0.2, -0.15) is 0 Å². The third kappa shape index (κ3) is 4.11. The quantitative estimate of drug-likeness (QED) is 0.821. The first kappa shape index (κ1) is 18.3. The summed E-state index contributed by atoms with van der Waals surface area (Å²) in [4.78, 5) is 38.8. The molecule has 1 aliphatic heterocycles. The number of hydrogen-bond donors (Lipinski definition) is 2. The third-order valence-corrected chi connectivity index (χ3v) is 3.62. The summed E-state index contributed by atoms with van der Waals surface area (Å²) in [6.45, 7) is 11.0. The molecular formula is C15H27N3O4. The van der Waals surface area contributed by atoms with Crippen LogP contribution in [0.25, 0.3) is 0 Å². The van der Waals surface area contributed by atoms with Crippen molar-refractivity contribution in [3.05, 3.63) is 0 Å². The standard InChI is InChI=1S/C15H27N3O4/c1-7-10(18(13(21)22)14(2,3)4)12(20)17-8-11(19)16-15(5,6)9-17/h10H,7-9H2,1-6H3,(H,16,19)(H,21,22)/t10-/m0/s1. The summed E-state index contributed by atoms with van der Waals surface area (Å²) in [6, 6.07) is -0.792. The Morgan fingerprint density at radius 2 is 1.95 bits per heavy atom. The van der Waals surface area contributed by atoms with E-state index >= 15 is 0 Å². The monoisotopic (exact) mass is 313 g/mol. The predicted octanol–water partition coefficient (Wildman–Crippen LogP) is 1.28. The fourth-order valence-corrected chi connectivity index (χ4v) is 2.88. The normalized spacial score (nSPS) is 19.4. The highest BCUT2D eigenvalue weighted by Gasteiger charge is 2.41. The minimum absolute atomic E-state index is 0.0314. The molecule has 126 valence electrons. The summed E-state index contributed by atoms with van der Waals surface area (Å²) >= 11 is 0. The van der Waals surface area contributed by atoms with E-state index in [-0.39, 0.29) is 18.4 Å². The van der Waals surface area contributed by atoms with Crippen LogP contribution < -0.4 is 5.32 Å². The van der Waals surface area contributed by atoms with E-state index in [1.165, 1.54) is 9.80 Å². The molecule has 0 saturated carbocycles. The molecule has 1 rings (SSSR count). The lowest BCUT2D eigenvalue weighted by molar-refractivity contribution is -0.146. The van der Waals surface area contributed by atoms with Crippen molar-refractivity contribution in [1.82, 2.24) is 15.1 Å². The zero-order chi connectivity index (χ0) is 17.3. The summed E-state index contributed by atoms with van der Waals surface area (Å²) in [5.74, 6) is -0.542. The molecule has 1 atom stereocenters. The second kappa shape index (κ2) is 6.14. The number of carboxylic acid groups (broad SMARTS) is 1. The van der Waals surface area contributed by atoms with E-state index in [9.17, 15) is 19.5 Å². The Labute approximate surface area is 131 Å². The van der Waals surface area contributed by atoms with Crippen LogP contribution in [0.3, 0.4) is 0 Å². The van der Waals surface area contributed by atoms with Crippen LogP contribution in [-0.2, 0) is 9.59 Å². The number of nitrogens with one attached hydrogen (secondary N) is 1. The fourth-order valence-electron chi connectivity index (χ4n) is 2.88. The lowest BCUT2D eigenvalue weighted by atomic mass is 9.98. The lowest BCUT2D eigenvalue weighted by Crippen LogP contribution is -2.65. The van der Waals surface area contributed by atoms with Crippen molar-refractivity contribution >= 4 is 17.9 Å². The van der Waals surface area contributed by atoms with Gasteiger partial charge in [0, 0.05) is 12.1 Å². The molecule has 7 heteroatoms. The van der Waals surface area contributed by atoms with Crippen LogP contribution in [0.1, 0.15) is 48.0 Å². The number of nitrogens with zero attached hydrogens (tertiary/aromatic N) is 2. The largest absolute Gasteiger partial charge is 0.465 e. The van der Waals surface area contributed by atoms with Crippen molar-refractivity contribution < 1.29 is 19.5 Å². The number of amides is 3. The number of hydrogen-bond acceptors (Lipinski definition) is 3. The highest BCUT2D eigenvalue weighted by atomic mass is 16.4. The second-order valence-corrected chi connectivity index (χ2v) is 7.37. The van der Waals surface area contributed by atoms with Crippen LogP contribution >= 0.6 is 0 Å². The number of piperazine rings is 1. The zero-order valence-corrected chi connectivity index (χ0v) is 14.3. The molecule has 0 aliphatic carbocycles. The van der Waals surface area contributed by atoms with Crippen molar-refractivity contribution in [3.63, 3.8) is 0 Å². The Hall–Kier alpha value is -1.79. The van der Waals surface area contributed by atoms with Crippen molar-refractivity contribution in [2.24, 2.45) is 0 Å². The average Bonchev–Trinajstić information content (AvgIpc) is 2.30. The maximum Gasteiger partial charge on any atom is 0.408 e. The van der Waals surface area contributed by atoms with E-state index < -0.39 is 23.2 Å². The Balaban J connectivity index is 3.06. The third-order valence-electron chi connectivity index (χ3n) is 3.62. The van der Waals surface area contributed by atoms with Crippen LogP contribution in [0.5, 0.6) is 0 Å². The molecule has 0 spiro atoms. The Bertz CT molecular complexity index is 468. The van der Waals surface area contributed by atoms with Gasteiger partial charge in [0.1, 0.15) is 6.04 Å². The summed E-state index contributed by atoms with van der Waals surface area (Å²) in [7, 11) is 0. The Kier molecular flexibility index (Phi) is 5.10. The highest BCUT2D eigenvalue weighted by molar-refractivity contribution is 5.90. The molecule has 1 saturated heterocycles. The molecule has 0 unspecified atom stereocenters. The molecule has 2 N–H and O–H groups in total. The first-order chi connectivity index (χ1) is 9.89. The first-order valence-electron chi connectivity index (χ1n) is 7.51. The van der Waals surface area contributed by atoms with E-state index in [1.807, 2.05) is 13.8 Å². The molecule has 0 aromatic carbocycles. The Morgan fingerprint density at radius 1 is 1.41 bits per heavy atom. The molecule has 0 aromatic heterocycles. The minimum Gasteiger partial charge on any atom is -0.465 e. The van der Waals surface area contributed by atoms with Crippen molar-refractivity contribution in [2.75, 3.05) is 13.1 Å². The first-order valence-corrected chi connectivity index (χ1v) is 7.51.